The van der Waals surface area contributed by atoms with Gasteiger partial charge in [-0.2, -0.15) is 4.39 Å². The summed E-state index contributed by atoms with van der Waals surface area (Å²) in [4.78, 5) is 0. The Labute approximate surface area is 120 Å². The van der Waals surface area contributed by atoms with Gasteiger partial charge in [-0.15, -0.1) is 0 Å². The molecule has 1 aromatic rings. The lowest BCUT2D eigenvalue weighted by atomic mass is 9.69. The van der Waals surface area contributed by atoms with Gasteiger partial charge in [-0.25, -0.2) is 4.39 Å². The van der Waals surface area contributed by atoms with Crippen molar-refractivity contribution in [2.24, 2.45) is 5.73 Å². The van der Waals surface area contributed by atoms with Gasteiger partial charge in [-0.05, 0) is 40.4 Å². The smallest absolute Gasteiger partial charge is 0.202 e. The van der Waals surface area contributed by atoms with E-state index in [1.807, 2.05) is 0 Å². The summed E-state index contributed by atoms with van der Waals surface area (Å²) in [6.07, 6.45) is 4.74. The predicted octanol–water partition coefficient (Wildman–Crippen LogP) is 3.90. The Balaban J connectivity index is 2.55. The van der Waals surface area contributed by atoms with Gasteiger partial charge >= 0.3 is 0 Å². The molecule has 2 nitrogen and oxygen atoms in total. The Morgan fingerprint density at radius 2 is 1.89 bits per heavy atom. The Kier molecular flexibility index (Phi) is 4.46. The van der Waals surface area contributed by atoms with Crippen LogP contribution in [0.15, 0.2) is 10.5 Å². The SMILES string of the molecule is COc1c(Br)cc(C2(CN)CCCCC2)c(F)c1F. The average molecular weight is 334 g/mol. The van der Waals surface area contributed by atoms with Gasteiger partial charge in [0, 0.05) is 12.0 Å². The average Bonchev–Trinajstić information content (AvgIpc) is 2.44. The number of hydrogen-bond acceptors (Lipinski definition) is 2. The van der Waals surface area contributed by atoms with Crippen LogP contribution in [0.1, 0.15) is 37.7 Å². The Morgan fingerprint density at radius 1 is 1.26 bits per heavy atom. The van der Waals surface area contributed by atoms with Gasteiger partial charge in [0.2, 0.25) is 5.82 Å². The van der Waals surface area contributed by atoms with Gasteiger partial charge in [-0.1, -0.05) is 19.3 Å². The number of ether oxygens (including phenoxy) is 1. The van der Waals surface area contributed by atoms with Crippen LogP contribution in [-0.4, -0.2) is 13.7 Å². The monoisotopic (exact) mass is 333 g/mol. The molecule has 0 spiro atoms. The third kappa shape index (κ3) is 2.50. The molecule has 0 unspecified atom stereocenters. The molecule has 0 atom stereocenters. The normalized spacial score (nSPS) is 18.4. The van der Waals surface area contributed by atoms with Crippen molar-refractivity contribution >= 4 is 15.9 Å². The first-order chi connectivity index (χ1) is 9.05. The molecule has 0 aromatic heterocycles. The first-order valence-electron chi connectivity index (χ1n) is 6.48. The van der Waals surface area contributed by atoms with Gasteiger partial charge in [0.15, 0.2) is 11.6 Å². The molecule has 1 aliphatic carbocycles. The van der Waals surface area contributed by atoms with Crippen LogP contribution in [0.5, 0.6) is 5.75 Å². The third-order valence-electron chi connectivity index (χ3n) is 4.09. The van der Waals surface area contributed by atoms with Crippen molar-refractivity contribution in [3.05, 3.63) is 27.7 Å². The first-order valence-corrected chi connectivity index (χ1v) is 7.27. The van der Waals surface area contributed by atoms with Gasteiger partial charge in [0.1, 0.15) is 0 Å². The lowest BCUT2D eigenvalue weighted by molar-refractivity contribution is 0.284. The molecule has 0 radical (unpaired) electrons. The van der Waals surface area contributed by atoms with Crippen LogP contribution in [-0.2, 0) is 5.41 Å². The molecule has 1 aromatic carbocycles. The number of nitrogens with two attached hydrogens (primary N) is 1. The van der Waals surface area contributed by atoms with Crippen molar-refractivity contribution in [1.29, 1.82) is 0 Å². The molecule has 1 aliphatic rings. The topological polar surface area (TPSA) is 35.2 Å². The maximum absolute atomic E-state index is 14.3. The summed E-state index contributed by atoms with van der Waals surface area (Å²) in [6.45, 7) is 0.335. The van der Waals surface area contributed by atoms with Crippen LogP contribution in [0, 0.1) is 11.6 Å². The Morgan fingerprint density at radius 3 is 2.42 bits per heavy atom. The molecule has 1 saturated carbocycles. The first kappa shape index (κ1) is 14.7. The molecule has 19 heavy (non-hydrogen) atoms. The highest BCUT2D eigenvalue weighted by atomic mass is 79.9. The quantitative estimate of drug-likeness (QED) is 0.851. The van der Waals surface area contributed by atoms with Crippen molar-refractivity contribution in [3.63, 3.8) is 0 Å². The standard InChI is InChI=1S/C14H18BrF2NO/c1-19-13-10(15)7-9(11(16)12(13)17)14(8-18)5-3-2-4-6-14/h7H,2-6,8,18H2,1H3. The van der Waals surface area contributed by atoms with Crippen LogP contribution in [0.2, 0.25) is 0 Å². The molecule has 0 saturated heterocycles. The van der Waals surface area contributed by atoms with Gasteiger partial charge in [0.25, 0.3) is 0 Å². The summed E-state index contributed by atoms with van der Waals surface area (Å²) in [5.74, 6) is -1.86. The van der Waals surface area contributed by atoms with Crippen LogP contribution >= 0.6 is 15.9 Å². The number of halogens is 3. The fraction of sp³-hybridized carbons (Fsp3) is 0.571. The second-order valence-electron chi connectivity index (χ2n) is 5.11. The van der Waals surface area contributed by atoms with E-state index in [1.54, 1.807) is 6.07 Å². The van der Waals surface area contributed by atoms with Crippen molar-refractivity contribution in [3.8, 4) is 5.75 Å². The van der Waals surface area contributed by atoms with E-state index in [0.29, 0.717) is 16.6 Å². The lowest BCUT2D eigenvalue weighted by Crippen LogP contribution is -2.38. The predicted molar refractivity (Wildman–Crippen MR) is 74.4 cm³/mol. The van der Waals surface area contributed by atoms with E-state index in [4.69, 9.17) is 10.5 Å². The van der Waals surface area contributed by atoms with E-state index in [-0.39, 0.29) is 5.75 Å². The molecule has 1 fully saturated rings. The zero-order chi connectivity index (χ0) is 14.0. The van der Waals surface area contributed by atoms with E-state index in [1.165, 1.54) is 7.11 Å². The molecular weight excluding hydrogens is 316 g/mol. The van der Waals surface area contributed by atoms with E-state index in [9.17, 15) is 8.78 Å². The van der Waals surface area contributed by atoms with Crippen molar-refractivity contribution in [2.45, 2.75) is 37.5 Å². The summed E-state index contributed by atoms with van der Waals surface area (Å²) in [5, 5.41) is 0. The zero-order valence-corrected chi connectivity index (χ0v) is 12.5. The highest BCUT2D eigenvalue weighted by molar-refractivity contribution is 9.10. The van der Waals surface area contributed by atoms with Gasteiger partial charge < -0.3 is 10.5 Å². The molecule has 0 amide bonds. The number of methoxy groups -OCH3 is 1. The highest BCUT2D eigenvalue weighted by Crippen LogP contribution is 2.43. The summed E-state index contributed by atoms with van der Waals surface area (Å²) in [7, 11) is 1.32. The molecule has 0 bridgehead atoms. The van der Waals surface area contributed by atoms with Crippen molar-refractivity contribution in [1.82, 2.24) is 0 Å². The largest absolute Gasteiger partial charge is 0.492 e. The number of benzene rings is 1. The second kappa shape index (κ2) is 5.75. The van der Waals surface area contributed by atoms with Gasteiger partial charge in [-0.3, -0.25) is 0 Å². The van der Waals surface area contributed by atoms with Crippen LogP contribution in [0.25, 0.3) is 0 Å². The molecule has 2 rings (SSSR count). The highest BCUT2D eigenvalue weighted by Gasteiger charge is 2.37. The number of hydrogen-bond donors (Lipinski definition) is 1. The third-order valence-corrected chi connectivity index (χ3v) is 4.68. The van der Waals surface area contributed by atoms with Crippen LogP contribution < -0.4 is 10.5 Å². The summed E-state index contributed by atoms with van der Waals surface area (Å²) in [5.41, 5.74) is 5.80. The van der Waals surface area contributed by atoms with E-state index >= 15 is 0 Å². The minimum Gasteiger partial charge on any atom is -0.492 e. The zero-order valence-electron chi connectivity index (χ0n) is 10.9. The molecular formula is C14H18BrF2NO. The Hall–Kier alpha value is -0.680. The fourth-order valence-corrected chi connectivity index (χ4v) is 3.53. The number of rotatable bonds is 3. The minimum absolute atomic E-state index is 0.0933. The van der Waals surface area contributed by atoms with Crippen LogP contribution in [0.3, 0.4) is 0 Å². The molecule has 106 valence electrons. The molecule has 5 heteroatoms. The maximum Gasteiger partial charge on any atom is 0.202 e. The second-order valence-corrected chi connectivity index (χ2v) is 5.97. The minimum atomic E-state index is -0.940. The van der Waals surface area contributed by atoms with Crippen molar-refractivity contribution in [2.75, 3.05) is 13.7 Å². The van der Waals surface area contributed by atoms with Crippen molar-refractivity contribution < 1.29 is 13.5 Å². The van der Waals surface area contributed by atoms with E-state index in [0.717, 1.165) is 32.1 Å². The van der Waals surface area contributed by atoms with E-state index in [2.05, 4.69) is 15.9 Å². The van der Waals surface area contributed by atoms with E-state index < -0.39 is 17.0 Å². The fourth-order valence-electron chi connectivity index (χ4n) is 2.96. The molecule has 0 heterocycles. The Bertz CT molecular complexity index is 473. The van der Waals surface area contributed by atoms with Crippen LogP contribution in [0.4, 0.5) is 8.78 Å². The molecule has 0 aliphatic heterocycles. The van der Waals surface area contributed by atoms with Gasteiger partial charge in [0.05, 0.1) is 11.6 Å². The summed E-state index contributed by atoms with van der Waals surface area (Å²) < 4.78 is 33.6. The molecule has 2 N–H and O–H groups in total. The summed E-state index contributed by atoms with van der Waals surface area (Å²) >= 11 is 3.24. The summed E-state index contributed by atoms with van der Waals surface area (Å²) in [6, 6.07) is 1.62. The lowest BCUT2D eigenvalue weighted by Gasteiger charge is -2.37. The maximum atomic E-state index is 14.3.